The van der Waals surface area contributed by atoms with Gasteiger partial charge in [-0.2, -0.15) is 0 Å². The highest BCUT2D eigenvalue weighted by Crippen LogP contribution is 2.48. The molecule has 0 fully saturated rings. The molecular formula is C50H31NO2. The minimum absolute atomic E-state index is 0.848. The molecule has 0 spiro atoms. The number of para-hydroxylation sites is 3. The summed E-state index contributed by atoms with van der Waals surface area (Å²) in [5.41, 5.74) is 11.1. The molecule has 248 valence electrons. The molecule has 0 atom stereocenters. The number of anilines is 3. The molecule has 11 rings (SSSR count). The fourth-order valence-corrected chi connectivity index (χ4v) is 8.16. The average Bonchev–Trinajstić information content (AvgIpc) is 3.81. The second kappa shape index (κ2) is 11.7. The van der Waals surface area contributed by atoms with E-state index in [-0.39, 0.29) is 0 Å². The van der Waals surface area contributed by atoms with Gasteiger partial charge in [-0.1, -0.05) is 140 Å². The highest BCUT2D eigenvalue weighted by Gasteiger charge is 2.24. The van der Waals surface area contributed by atoms with Crippen LogP contribution in [0, 0.1) is 0 Å². The van der Waals surface area contributed by atoms with Gasteiger partial charge in [0.25, 0.3) is 0 Å². The molecule has 0 aliphatic carbocycles. The summed E-state index contributed by atoms with van der Waals surface area (Å²) >= 11 is 0. The zero-order chi connectivity index (χ0) is 34.9. The van der Waals surface area contributed by atoms with Crippen molar-refractivity contribution in [2.75, 3.05) is 4.90 Å². The van der Waals surface area contributed by atoms with Crippen molar-refractivity contribution in [3.05, 3.63) is 188 Å². The Morgan fingerprint density at radius 2 is 0.962 bits per heavy atom. The van der Waals surface area contributed by atoms with Crippen LogP contribution in [-0.4, -0.2) is 0 Å². The van der Waals surface area contributed by atoms with E-state index in [2.05, 4.69) is 181 Å². The van der Waals surface area contributed by atoms with Gasteiger partial charge < -0.3 is 13.7 Å². The van der Waals surface area contributed by atoms with Crippen LogP contribution >= 0.6 is 0 Å². The van der Waals surface area contributed by atoms with E-state index >= 15 is 0 Å². The third-order valence-electron chi connectivity index (χ3n) is 10.7. The first kappa shape index (κ1) is 29.6. The van der Waals surface area contributed by atoms with Gasteiger partial charge >= 0.3 is 0 Å². The van der Waals surface area contributed by atoms with Crippen molar-refractivity contribution in [2.24, 2.45) is 0 Å². The third-order valence-corrected chi connectivity index (χ3v) is 10.7. The lowest BCUT2D eigenvalue weighted by Crippen LogP contribution is -2.11. The van der Waals surface area contributed by atoms with Crippen molar-refractivity contribution < 1.29 is 8.83 Å². The number of fused-ring (bicyclic) bond motifs is 9. The maximum Gasteiger partial charge on any atom is 0.159 e. The SMILES string of the molecule is c1ccc(N(c2ccc(-c3ccc4ccccc4c3)cc2)c2cccc3c2oc2ccccc23)c(-c2cccc3oc4c5ccccc5ccc4c23)c1. The van der Waals surface area contributed by atoms with Gasteiger partial charge in [-0.25, -0.2) is 0 Å². The topological polar surface area (TPSA) is 29.5 Å². The molecule has 9 aromatic carbocycles. The second-order valence-corrected chi connectivity index (χ2v) is 13.7. The second-order valence-electron chi connectivity index (χ2n) is 13.7. The van der Waals surface area contributed by atoms with E-state index in [0.717, 1.165) is 83.0 Å². The molecule has 11 aromatic rings. The fraction of sp³-hybridized carbons (Fsp3) is 0. The Balaban J connectivity index is 1.14. The van der Waals surface area contributed by atoms with Crippen molar-refractivity contribution >= 4 is 82.5 Å². The van der Waals surface area contributed by atoms with E-state index in [1.807, 2.05) is 12.1 Å². The first-order valence-corrected chi connectivity index (χ1v) is 18.0. The molecule has 3 nitrogen and oxygen atoms in total. The van der Waals surface area contributed by atoms with E-state index in [0.29, 0.717) is 0 Å². The summed E-state index contributed by atoms with van der Waals surface area (Å²) in [6.07, 6.45) is 0. The first-order chi connectivity index (χ1) is 26.3. The first-order valence-electron chi connectivity index (χ1n) is 18.0. The largest absolute Gasteiger partial charge is 0.455 e. The van der Waals surface area contributed by atoms with E-state index in [4.69, 9.17) is 8.83 Å². The Hall–Kier alpha value is -7.10. The van der Waals surface area contributed by atoms with Crippen molar-refractivity contribution in [3.8, 4) is 22.3 Å². The minimum atomic E-state index is 0.848. The zero-order valence-corrected chi connectivity index (χ0v) is 28.7. The lowest BCUT2D eigenvalue weighted by molar-refractivity contribution is 0.669. The van der Waals surface area contributed by atoms with Crippen molar-refractivity contribution in [1.29, 1.82) is 0 Å². The van der Waals surface area contributed by atoms with Crippen LogP contribution < -0.4 is 4.90 Å². The van der Waals surface area contributed by atoms with Gasteiger partial charge in [-0.05, 0) is 81.4 Å². The number of rotatable bonds is 5. The van der Waals surface area contributed by atoms with Crippen molar-refractivity contribution in [1.82, 2.24) is 0 Å². The highest BCUT2D eigenvalue weighted by molar-refractivity contribution is 6.20. The molecule has 0 amide bonds. The normalized spacial score (nSPS) is 11.8. The Kier molecular flexibility index (Phi) is 6.55. The van der Waals surface area contributed by atoms with Gasteiger partial charge in [-0.15, -0.1) is 0 Å². The fourth-order valence-electron chi connectivity index (χ4n) is 8.16. The van der Waals surface area contributed by atoms with E-state index in [1.54, 1.807) is 0 Å². The maximum atomic E-state index is 6.69. The standard InChI is InChI=1S/C50H31NO2/c1-2-13-35-31-36(24-23-32(35)11-1)33-25-28-37(29-26-33)51(45-20-9-18-42-40-16-6-8-21-46(40)52-50(42)45)44-19-7-5-15-39(44)41-17-10-22-47-48(41)43-30-27-34-12-3-4-14-38(34)49(43)53-47/h1-31H. The van der Waals surface area contributed by atoms with E-state index in [1.165, 1.54) is 21.7 Å². The predicted octanol–water partition coefficient (Wildman–Crippen LogP) is 14.6. The minimum Gasteiger partial charge on any atom is -0.455 e. The summed E-state index contributed by atoms with van der Waals surface area (Å²) in [5.74, 6) is 0. The van der Waals surface area contributed by atoms with Crippen LogP contribution in [0.15, 0.2) is 197 Å². The van der Waals surface area contributed by atoms with Crippen molar-refractivity contribution in [3.63, 3.8) is 0 Å². The molecule has 2 aromatic heterocycles. The van der Waals surface area contributed by atoms with Gasteiger partial charge in [0, 0.05) is 38.2 Å². The average molecular weight is 678 g/mol. The molecule has 0 aliphatic rings. The molecule has 3 heteroatoms. The van der Waals surface area contributed by atoms with Gasteiger partial charge in [0.05, 0.1) is 11.4 Å². The summed E-state index contributed by atoms with van der Waals surface area (Å²) in [4.78, 5) is 2.35. The van der Waals surface area contributed by atoms with Crippen LogP contribution in [0.1, 0.15) is 0 Å². The third kappa shape index (κ3) is 4.68. The zero-order valence-electron chi connectivity index (χ0n) is 28.7. The Bertz CT molecular complexity index is 3180. The Morgan fingerprint density at radius 1 is 0.340 bits per heavy atom. The molecule has 0 radical (unpaired) electrons. The van der Waals surface area contributed by atoms with Crippen LogP contribution in [0.25, 0.3) is 87.7 Å². The number of nitrogens with zero attached hydrogens (tertiary/aromatic N) is 1. The highest BCUT2D eigenvalue weighted by atomic mass is 16.3. The molecule has 2 heterocycles. The Morgan fingerprint density at radius 3 is 1.87 bits per heavy atom. The molecule has 0 unspecified atom stereocenters. The number of furan rings is 2. The Labute approximate surface area is 305 Å². The lowest BCUT2D eigenvalue weighted by Gasteiger charge is -2.28. The molecule has 0 saturated carbocycles. The number of benzene rings is 9. The van der Waals surface area contributed by atoms with Gasteiger partial charge in [-0.3, -0.25) is 0 Å². The quantitative estimate of drug-likeness (QED) is 0.182. The van der Waals surface area contributed by atoms with Crippen LogP contribution in [0.5, 0.6) is 0 Å². The van der Waals surface area contributed by atoms with Gasteiger partial charge in [0.1, 0.15) is 16.7 Å². The molecule has 0 bridgehead atoms. The summed E-state index contributed by atoms with van der Waals surface area (Å²) in [6.45, 7) is 0. The molecule has 0 saturated heterocycles. The van der Waals surface area contributed by atoms with E-state index in [9.17, 15) is 0 Å². The molecule has 0 N–H and O–H groups in total. The summed E-state index contributed by atoms with van der Waals surface area (Å²) < 4.78 is 13.3. The summed E-state index contributed by atoms with van der Waals surface area (Å²) in [7, 11) is 0. The summed E-state index contributed by atoms with van der Waals surface area (Å²) in [6, 6.07) is 66.7. The van der Waals surface area contributed by atoms with E-state index < -0.39 is 0 Å². The lowest BCUT2D eigenvalue weighted by atomic mass is 9.96. The number of hydrogen-bond donors (Lipinski definition) is 0. The molecule has 0 aliphatic heterocycles. The summed E-state index contributed by atoms with van der Waals surface area (Å²) in [5, 5.41) is 9.15. The van der Waals surface area contributed by atoms with Gasteiger partial charge in [0.15, 0.2) is 5.58 Å². The smallest absolute Gasteiger partial charge is 0.159 e. The molecule has 53 heavy (non-hydrogen) atoms. The van der Waals surface area contributed by atoms with Crippen LogP contribution in [-0.2, 0) is 0 Å². The molecular weight excluding hydrogens is 647 g/mol. The monoisotopic (exact) mass is 677 g/mol. The van der Waals surface area contributed by atoms with Crippen LogP contribution in [0.3, 0.4) is 0 Å². The van der Waals surface area contributed by atoms with Gasteiger partial charge in [0.2, 0.25) is 0 Å². The van der Waals surface area contributed by atoms with Crippen LogP contribution in [0.2, 0.25) is 0 Å². The number of hydrogen-bond acceptors (Lipinski definition) is 3. The predicted molar refractivity (Wildman–Crippen MR) is 222 cm³/mol. The van der Waals surface area contributed by atoms with Crippen molar-refractivity contribution in [2.45, 2.75) is 0 Å². The van der Waals surface area contributed by atoms with Crippen LogP contribution in [0.4, 0.5) is 17.1 Å². The maximum absolute atomic E-state index is 6.69.